The number of hydrogen-bond donors (Lipinski definition) is 3. The van der Waals surface area contributed by atoms with Gasteiger partial charge in [0.2, 0.25) is 0 Å². The van der Waals surface area contributed by atoms with Crippen molar-refractivity contribution in [2.24, 2.45) is 11.3 Å². The van der Waals surface area contributed by atoms with E-state index in [9.17, 15) is 10.2 Å². The summed E-state index contributed by atoms with van der Waals surface area (Å²) in [7, 11) is 4.12. The second-order valence-corrected chi connectivity index (χ2v) is 6.10. The normalized spacial score (nSPS) is 14.6. The number of aliphatic hydroxyl groups excluding tert-OH is 2. The lowest BCUT2D eigenvalue weighted by atomic mass is 9.92. The van der Waals surface area contributed by atoms with E-state index in [1.807, 2.05) is 6.92 Å². The number of rotatable bonds is 9. The fourth-order valence-electron chi connectivity index (χ4n) is 1.78. The highest BCUT2D eigenvalue weighted by Gasteiger charge is 2.24. The van der Waals surface area contributed by atoms with Crippen molar-refractivity contribution in [3.63, 3.8) is 0 Å². The lowest BCUT2D eigenvalue weighted by molar-refractivity contribution is 0.0655. The summed E-state index contributed by atoms with van der Waals surface area (Å²) in [4.78, 5) is 2.16. The Morgan fingerprint density at radius 1 is 1.18 bits per heavy atom. The van der Waals surface area contributed by atoms with Crippen LogP contribution in [0.4, 0.5) is 0 Å². The van der Waals surface area contributed by atoms with Gasteiger partial charge in [0.15, 0.2) is 0 Å². The molecule has 0 amide bonds. The molecule has 0 rings (SSSR count). The Kier molecular flexibility index (Phi) is 7.96. The Morgan fingerprint density at radius 2 is 1.71 bits per heavy atom. The topological polar surface area (TPSA) is 55.7 Å². The van der Waals surface area contributed by atoms with E-state index < -0.39 is 5.41 Å². The Labute approximate surface area is 106 Å². The van der Waals surface area contributed by atoms with Gasteiger partial charge < -0.3 is 20.4 Å². The summed E-state index contributed by atoms with van der Waals surface area (Å²) in [6.07, 6.45) is 1.10. The summed E-state index contributed by atoms with van der Waals surface area (Å²) in [6.45, 7) is 7.95. The first-order chi connectivity index (χ1) is 7.83. The van der Waals surface area contributed by atoms with Gasteiger partial charge in [-0.05, 0) is 26.4 Å². The molecule has 17 heavy (non-hydrogen) atoms. The first-order valence-corrected chi connectivity index (χ1v) is 6.43. The smallest absolute Gasteiger partial charge is 0.0518 e. The predicted octanol–water partition coefficient (Wildman–Crippen LogP) is 0.543. The van der Waals surface area contributed by atoms with Crippen LogP contribution >= 0.6 is 0 Å². The van der Waals surface area contributed by atoms with E-state index in [1.54, 1.807) is 0 Å². The lowest BCUT2D eigenvalue weighted by Crippen LogP contribution is -2.46. The van der Waals surface area contributed by atoms with E-state index in [1.165, 1.54) is 0 Å². The molecule has 4 heteroatoms. The summed E-state index contributed by atoms with van der Waals surface area (Å²) in [5, 5.41) is 22.0. The number of nitrogens with zero attached hydrogens (tertiary/aromatic N) is 1. The molecule has 0 fully saturated rings. The summed E-state index contributed by atoms with van der Waals surface area (Å²) in [5.74, 6) is 0.641. The lowest BCUT2D eigenvalue weighted by Gasteiger charge is -2.30. The van der Waals surface area contributed by atoms with Crippen molar-refractivity contribution in [1.29, 1.82) is 0 Å². The molecule has 4 nitrogen and oxygen atoms in total. The summed E-state index contributed by atoms with van der Waals surface area (Å²) < 4.78 is 0. The third-order valence-electron chi connectivity index (χ3n) is 2.92. The second-order valence-electron chi connectivity index (χ2n) is 6.10. The van der Waals surface area contributed by atoms with Crippen molar-refractivity contribution in [3.8, 4) is 0 Å². The van der Waals surface area contributed by atoms with Gasteiger partial charge in [-0.1, -0.05) is 20.8 Å². The van der Waals surface area contributed by atoms with Gasteiger partial charge in [0, 0.05) is 24.5 Å². The molecule has 0 aliphatic heterocycles. The van der Waals surface area contributed by atoms with Gasteiger partial charge >= 0.3 is 0 Å². The minimum Gasteiger partial charge on any atom is -0.396 e. The molecule has 1 unspecified atom stereocenters. The van der Waals surface area contributed by atoms with Crippen molar-refractivity contribution in [2.75, 3.05) is 40.4 Å². The van der Waals surface area contributed by atoms with Crippen molar-refractivity contribution in [3.05, 3.63) is 0 Å². The van der Waals surface area contributed by atoms with Gasteiger partial charge in [0.05, 0.1) is 13.2 Å². The van der Waals surface area contributed by atoms with Crippen LogP contribution in [-0.4, -0.2) is 61.6 Å². The Bertz CT molecular complexity index is 182. The molecule has 0 saturated heterocycles. The molecular formula is C13H30N2O2. The average molecular weight is 246 g/mol. The molecule has 0 aliphatic carbocycles. The van der Waals surface area contributed by atoms with Crippen molar-refractivity contribution in [1.82, 2.24) is 10.2 Å². The summed E-state index contributed by atoms with van der Waals surface area (Å²) >= 11 is 0. The molecule has 104 valence electrons. The van der Waals surface area contributed by atoms with Crippen LogP contribution in [-0.2, 0) is 0 Å². The molecule has 0 aliphatic rings. The predicted molar refractivity (Wildman–Crippen MR) is 72.1 cm³/mol. The molecule has 0 aromatic rings. The number of aliphatic hydroxyl groups is 2. The highest BCUT2D eigenvalue weighted by Crippen LogP contribution is 2.14. The van der Waals surface area contributed by atoms with E-state index in [0.717, 1.165) is 13.0 Å². The maximum absolute atomic E-state index is 9.25. The second kappa shape index (κ2) is 8.03. The summed E-state index contributed by atoms with van der Waals surface area (Å²) in [5.41, 5.74) is -0.429. The maximum Gasteiger partial charge on any atom is 0.0518 e. The van der Waals surface area contributed by atoms with Gasteiger partial charge in [-0.25, -0.2) is 0 Å². The minimum absolute atomic E-state index is 0.00681. The molecule has 0 radical (unpaired) electrons. The quantitative estimate of drug-likeness (QED) is 0.556. The zero-order valence-electron chi connectivity index (χ0n) is 12.0. The summed E-state index contributed by atoms with van der Waals surface area (Å²) in [6, 6.07) is 0.405. The highest BCUT2D eigenvalue weighted by atomic mass is 16.3. The van der Waals surface area contributed by atoms with Gasteiger partial charge in [-0.3, -0.25) is 0 Å². The van der Waals surface area contributed by atoms with E-state index in [0.29, 0.717) is 18.5 Å². The molecule has 0 saturated carbocycles. The first-order valence-electron chi connectivity index (χ1n) is 6.43. The molecule has 0 aromatic carbocycles. The zero-order chi connectivity index (χ0) is 13.5. The van der Waals surface area contributed by atoms with Crippen molar-refractivity contribution >= 4 is 0 Å². The number of nitrogens with one attached hydrogen (secondary N) is 1. The SMILES string of the molecule is CC(C)CC(CN(C)C)NCC(C)(CO)CO. The fourth-order valence-corrected chi connectivity index (χ4v) is 1.78. The van der Waals surface area contributed by atoms with Crippen LogP contribution < -0.4 is 5.32 Å². The molecule has 1 atom stereocenters. The van der Waals surface area contributed by atoms with Crippen LogP contribution in [0.2, 0.25) is 0 Å². The zero-order valence-corrected chi connectivity index (χ0v) is 12.0. The van der Waals surface area contributed by atoms with Crippen LogP contribution in [0.3, 0.4) is 0 Å². The third kappa shape index (κ3) is 7.71. The van der Waals surface area contributed by atoms with E-state index in [2.05, 4.69) is 38.2 Å². The van der Waals surface area contributed by atoms with Gasteiger partial charge in [0.25, 0.3) is 0 Å². The van der Waals surface area contributed by atoms with Crippen molar-refractivity contribution in [2.45, 2.75) is 33.2 Å². The maximum atomic E-state index is 9.25. The van der Waals surface area contributed by atoms with E-state index in [-0.39, 0.29) is 13.2 Å². The highest BCUT2D eigenvalue weighted by molar-refractivity contribution is 4.79. The van der Waals surface area contributed by atoms with E-state index in [4.69, 9.17) is 0 Å². The molecule has 3 N–H and O–H groups in total. The van der Waals surface area contributed by atoms with Crippen LogP contribution in [0.5, 0.6) is 0 Å². The Hall–Kier alpha value is -0.160. The van der Waals surface area contributed by atoms with Crippen LogP contribution in [0, 0.1) is 11.3 Å². The van der Waals surface area contributed by atoms with Crippen LogP contribution in [0.15, 0.2) is 0 Å². The molecule has 0 aromatic heterocycles. The van der Waals surface area contributed by atoms with Gasteiger partial charge in [-0.2, -0.15) is 0 Å². The average Bonchev–Trinajstić information content (AvgIpc) is 2.24. The third-order valence-corrected chi connectivity index (χ3v) is 2.92. The standard InChI is InChI=1S/C13H30N2O2/c1-11(2)6-12(7-15(4)5)14-8-13(3,9-16)10-17/h11-12,14,16-17H,6-10H2,1-5H3. The monoisotopic (exact) mass is 246 g/mol. The van der Waals surface area contributed by atoms with Crippen LogP contribution in [0.1, 0.15) is 27.2 Å². The fraction of sp³-hybridized carbons (Fsp3) is 1.00. The van der Waals surface area contributed by atoms with Crippen LogP contribution in [0.25, 0.3) is 0 Å². The van der Waals surface area contributed by atoms with Crippen molar-refractivity contribution < 1.29 is 10.2 Å². The molecule has 0 bridgehead atoms. The van der Waals surface area contributed by atoms with E-state index >= 15 is 0 Å². The Morgan fingerprint density at radius 3 is 2.06 bits per heavy atom. The molecule has 0 spiro atoms. The largest absolute Gasteiger partial charge is 0.396 e. The number of hydrogen-bond acceptors (Lipinski definition) is 4. The minimum atomic E-state index is -0.429. The first kappa shape index (κ1) is 16.8. The number of likely N-dealkylation sites (N-methyl/N-ethyl adjacent to an activating group) is 1. The van der Waals surface area contributed by atoms with Gasteiger partial charge in [-0.15, -0.1) is 0 Å². The van der Waals surface area contributed by atoms with Gasteiger partial charge in [0.1, 0.15) is 0 Å². The molecule has 0 heterocycles. The Balaban J connectivity index is 4.23. The molecular weight excluding hydrogens is 216 g/mol.